The van der Waals surface area contributed by atoms with Crippen molar-refractivity contribution < 1.29 is 10.0 Å². The summed E-state index contributed by atoms with van der Waals surface area (Å²) in [5.74, 6) is -0.110. The van der Waals surface area contributed by atoms with Crippen LogP contribution in [0.1, 0.15) is 12.5 Å². The highest BCUT2D eigenvalue weighted by atomic mass is 16.6. The maximum atomic E-state index is 10.3. The van der Waals surface area contributed by atoms with Crippen molar-refractivity contribution in [1.29, 1.82) is 0 Å². The van der Waals surface area contributed by atoms with E-state index in [1.54, 1.807) is 6.92 Å². The van der Waals surface area contributed by atoms with Crippen molar-refractivity contribution in [1.82, 2.24) is 0 Å². The maximum Gasteiger partial charge on any atom is 0.273 e. The molecule has 0 aromatic heterocycles. The quantitative estimate of drug-likeness (QED) is 0.559. The van der Waals surface area contributed by atoms with Crippen molar-refractivity contribution >= 4 is 11.3 Å². The average Bonchev–Trinajstić information content (AvgIpc) is 2.03. The normalized spacial score (nSPS) is 9.62. The number of nitro benzene ring substituents is 1. The van der Waals surface area contributed by atoms with Crippen LogP contribution in [-0.4, -0.2) is 10.0 Å². The molecule has 1 rings (SSSR count). The summed E-state index contributed by atoms with van der Waals surface area (Å²) in [6.07, 6.45) is 0. The first-order chi connectivity index (χ1) is 6.02. The third-order valence-corrected chi connectivity index (χ3v) is 1.65. The van der Waals surface area contributed by atoms with Gasteiger partial charge in [0.05, 0.1) is 11.0 Å². The van der Waals surface area contributed by atoms with Crippen LogP contribution >= 0.6 is 0 Å². The third kappa shape index (κ3) is 1.84. The summed E-state index contributed by atoms with van der Waals surface area (Å²) < 4.78 is 0. The van der Waals surface area contributed by atoms with E-state index >= 15 is 0 Å². The predicted molar refractivity (Wildman–Crippen MR) is 49.5 cm³/mol. The van der Waals surface area contributed by atoms with E-state index < -0.39 is 4.92 Å². The summed E-state index contributed by atoms with van der Waals surface area (Å²) >= 11 is 0. The van der Waals surface area contributed by atoms with Gasteiger partial charge in [0.1, 0.15) is 5.75 Å². The minimum atomic E-state index is -0.554. The van der Waals surface area contributed by atoms with Crippen molar-refractivity contribution in [3.05, 3.63) is 40.5 Å². The number of nitrogens with zero attached hydrogens (tertiary/aromatic N) is 1. The number of non-ortho nitro benzene ring substituents is 1. The van der Waals surface area contributed by atoms with Gasteiger partial charge in [0, 0.05) is 11.6 Å². The Bertz CT molecular complexity index is 371. The van der Waals surface area contributed by atoms with Crippen LogP contribution in [0.3, 0.4) is 0 Å². The summed E-state index contributed by atoms with van der Waals surface area (Å²) in [4.78, 5) is 9.75. The first-order valence-electron chi connectivity index (χ1n) is 3.65. The van der Waals surface area contributed by atoms with Crippen LogP contribution in [0.2, 0.25) is 0 Å². The lowest BCUT2D eigenvalue weighted by atomic mass is 10.1. The summed E-state index contributed by atoms with van der Waals surface area (Å²) in [5.41, 5.74) is 1.08. The lowest BCUT2D eigenvalue weighted by Gasteiger charge is -2.02. The number of phenols is 1. The molecule has 0 fully saturated rings. The van der Waals surface area contributed by atoms with Gasteiger partial charge in [0.25, 0.3) is 5.69 Å². The highest BCUT2D eigenvalue weighted by Crippen LogP contribution is 2.27. The van der Waals surface area contributed by atoms with E-state index in [4.69, 9.17) is 0 Å². The van der Waals surface area contributed by atoms with Gasteiger partial charge in [-0.15, -0.1) is 0 Å². The Morgan fingerprint density at radius 1 is 1.62 bits per heavy atom. The monoisotopic (exact) mass is 179 g/mol. The number of rotatable bonds is 2. The highest BCUT2D eigenvalue weighted by Gasteiger charge is 2.09. The molecule has 0 aliphatic rings. The molecule has 0 amide bonds. The second-order valence-corrected chi connectivity index (χ2v) is 2.74. The molecule has 0 spiro atoms. The Morgan fingerprint density at radius 3 is 2.62 bits per heavy atom. The first kappa shape index (κ1) is 9.25. The average molecular weight is 179 g/mol. The zero-order chi connectivity index (χ0) is 10.0. The number of phenolic OH excluding ortho intramolecular Hbond substituents is 1. The van der Waals surface area contributed by atoms with Gasteiger partial charge >= 0.3 is 0 Å². The van der Waals surface area contributed by atoms with Crippen molar-refractivity contribution in [2.45, 2.75) is 6.92 Å². The minimum absolute atomic E-state index is 0.110. The molecular formula is C9H9NO3. The van der Waals surface area contributed by atoms with Crippen molar-refractivity contribution in [3.63, 3.8) is 0 Å². The second-order valence-electron chi connectivity index (χ2n) is 2.74. The molecular weight excluding hydrogens is 170 g/mol. The van der Waals surface area contributed by atoms with Gasteiger partial charge in [-0.2, -0.15) is 0 Å². The Balaban J connectivity index is 3.20. The van der Waals surface area contributed by atoms with Gasteiger partial charge in [-0.05, 0) is 18.6 Å². The zero-order valence-corrected chi connectivity index (χ0v) is 7.15. The largest absolute Gasteiger partial charge is 0.507 e. The van der Waals surface area contributed by atoms with Gasteiger partial charge in [-0.3, -0.25) is 10.1 Å². The fourth-order valence-electron chi connectivity index (χ4n) is 0.994. The molecule has 0 heterocycles. The van der Waals surface area contributed by atoms with Crippen LogP contribution < -0.4 is 0 Å². The van der Waals surface area contributed by atoms with Gasteiger partial charge < -0.3 is 5.11 Å². The van der Waals surface area contributed by atoms with Crippen LogP contribution in [0.25, 0.3) is 5.57 Å². The molecule has 4 heteroatoms. The molecule has 0 bridgehead atoms. The molecule has 1 aromatic rings. The molecule has 0 saturated carbocycles. The molecule has 1 N–H and O–H groups in total. The number of benzene rings is 1. The molecule has 0 unspecified atom stereocenters. The van der Waals surface area contributed by atoms with E-state index in [1.807, 2.05) is 0 Å². The smallest absolute Gasteiger partial charge is 0.273 e. The van der Waals surface area contributed by atoms with Crippen LogP contribution in [0.5, 0.6) is 5.75 Å². The van der Waals surface area contributed by atoms with E-state index in [0.717, 1.165) is 6.07 Å². The van der Waals surface area contributed by atoms with Crippen molar-refractivity contribution in [2.24, 2.45) is 0 Å². The summed E-state index contributed by atoms with van der Waals surface area (Å²) in [6.45, 7) is 5.35. The Labute approximate surface area is 75.3 Å². The van der Waals surface area contributed by atoms with E-state index in [-0.39, 0.29) is 11.4 Å². The van der Waals surface area contributed by atoms with Gasteiger partial charge in [-0.1, -0.05) is 6.58 Å². The Hall–Kier alpha value is -1.84. The van der Waals surface area contributed by atoms with E-state index in [1.165, 1.54) is 12.1 Å². The molecule has 0 aliphatic heterocycles. The Morgan fingerprint density at radius 2 is 2.23 bits per heavy atom. The third-order valence-electron chi connectivity index (χ3n) is 1.65. The fourth-order valence-corrected chi connectivity index (χ4v) is 0.994. The van der Waals surface area contributed by atoms with Crippen LogP contribution in [0, 0.1) is 10.1 Å². The van der Waals surface area contributed by atoms with Crippen LogP contribution in [0.4, 0.5) is 5.69 Å². The molecule has 0 radical (unpaired) electrons. The minimum Gasteiger partial charge on any atom is -0.507 e. The highest BCUT2D eigenvalue weighted by molar-refractivity contribution is 5.68. The first-order valence-corrected chi connectivity index (χ1v) is 3.65. The van der Waals surface area contributed by atoms with Gasteiger partial charge in [0.2, 0.25) is 0 Å². The molecule has 68 valence electrons. The lowest BCUT2D eigenvalue weighted by Crippen LogP contribution is -1.88. The number of aromatic hydroxyl groups is 1. The van der Waals surface area contributed by atoms with E-state index in [2.05, 4.69) is 6.58 Å². The van der Waals surface area contributed by atoms with Crippen LogP contribution in [0.15, 0.2) is 24.8 Å². The predicted octanol–water partition coefficient (Wildman–Crippen LogP) is 2.33. The topological polar surface area (TPSA) is 63.4 Å². The van der Waals surface area contributed by atoms with E-state index in [9.17, 15) is 15.2 Å². The summed E-state index contributed by atoms with van der Waals surface area (Å²) in [6, 6.07) is 3.93. The zero-order valence-electron chi connectivity index (χ0n) is 7.15. The molecule has 0 atom stereocenters. The number of hydrogen-bond donors (Lipinski definition) is 1. The lowest BCUT2D eigenvalue weighted by molar-refractivity contribution is -0.384. The second kappa shape index (κ2) is 3.26. The number of nitro groups is 1. The SMILES string of the molecule is C=C(C)c1ccc([N+](=O)[O-])cc1O. The van der Waals surface area contributed by atoms with Crippen molar-refractivity contribution in [2.75, 3.05) is 0 Å². The maximum absolute atomic E-state index is 10.3. The summed E-state index contributed by atoms with van der Waals surface area (Å²) in [5, 5.41) is 19.7. The molecule has 0 saturated heterocycles. The Kier molecular flexibility index (Phi) is 2.32. The molecule has 0 aliphatic carbocycles. The molecule has 13 heavy (non-hydrogen) atoms. The molecule has 4 nitrogen and oxygen atoms in total. The number of hydrogen-bond acceptors (Lipinski definition) is 3. The van der Waals surface area contributed by atoms with Crippen molar-refractivity contribution in [3.8, 4) is 5.75 Å². The summed E-state index contributed by atoms with van der Waals surface area (Å²) in [7, 11) is 0. The fraction of sp³-hybridized carbons (Fsp3) is 0.111. The van der Waals surface area contributed by atoms with Gasteiger partial charge in [0.15, 0.2) is 0 Å². The van der Waals surface area contributed by atoms with E-state index in [0.29, 0.717) is 11.1 Å². The standard InChI is InChI=1S/C9H9NO3/c1-6(2)8-4-3-7(10(12)13)5-9(8)11/h3-5,11H,1H2,2H3. The molecule has 1 aromatic carbocycles. The number of allylic oxidation sites excluding steroid dienone is 1. The van der Waals surface area contributed by atoms with Crippen LogP contribution in [-0.2, 0) is 0 Å². The van der Waals surface area contributed by atoms with Gasteiger partial charge in [-0.25, -0.2) is 0 Å².